The molecule has 1 atom stereocenters. The van der Waals surface area contributed by atoms with Crippen molar-refractivity contribution in [2.24, 2.45) is 4.99 Å². The van der Waals surface area contributed by atoms with Crippen LogP contribution in [0.1, 0.15) is 33.9 Å². The topological polar surface area (TPSA) is 41.6 Å². The summed E-state index contributed by atoms with van der Waals surface area (Å²) in [6.45, 7) is -0.127. The lowest BCUT2D eigenvalue weighted by atomic mass is 9.97. The summed E-state index contributed by atoms with van der Waals surface area (Å²) in [7, 11) is 0. The molecule has 0 saturated heterocycles. The number of hydrogen-bond acceptors (Lipinski definition) is 4. The number of pyridine rings is 1. The Morgan fingerprint density at radius 2 is 1.61 bits per heavy atom. The Hall–Kier alpha value is -4.15. The van der Waals surface area contributed by atoms with Crippen LogP contribution in [0.5, 0.6) is 0 Å². The smallest absolute Gasteiger partial charge is 0.416 e. The highest BCUT2D eigenvalue weighted by molar-refractivity contribution is 6.00. The van der Waals surface area contributed by atoms with Crippen LogP contribution in [0.2, 0.25) is 0 Å². The van der Waals surface area contributed by atoms with E-state index in [1.54, 1.807) is 29.2 Å². The molecule has 2 aromatic carbocycles. The van der Waals surface area contributed by atoms with Crippen LogP contribution in [0, 0.1) is 5.82 Å². The third kappa shape index (κ3) is 5.00. The molecule has 0 fully saturated rings. The molecule has 0 saturated carbocycles. The molecule has 0 amide bonds. The molecular weight excluding hydrogens is 515 g/mol. The number of nitrogens with zero attached hydrogens (tertiary/aromatic N) is 3. The molecule has 0 N–H and O–H groups in total. The van der Waals surface area contributed by atoms with Crippen molar-refractivity contribution in [1.82, 2.24) is 9.88 Å². The molecule has 1 aliphatic heterocycles. The minimum Gasteiger partial charge on any atom is -0.472 e. The largest absolute Gasteiger partial charge is 0.472 e. The second kappa shape index (κ2) is 9.62. The van der Waals surface area contributed by atoms with E-state index in [1.165, 1.54) is 37.1 Å². The Morgan fingerprint density at radius 3 is 2.24 bits per heavy atom. The molecule has 0 radical (unpaired) electrons. The summed E-state index contributed by atoms with van der Waals surface area (Å²) in [6, 6.07) is 9.77. The van der Waals surface area contributed by atoms with Crippen LogP contribution < -0.4 is 0 Å². The zero-order valence-corrected chi connectivity index (χ0v) is 19.4. The summed E-state index contributed by atoms with van der Waals surface area (Å²) < 4.78 is 101. The number of hydrogen-bond donors (Lipinski definition) is 0. The third-order valence-electron chi connectivity index (χ3n) is 6.24. The van der Waals surface area contributed by atoms with Crippen molar-refractivity contribution < 1.29 is 35.2 Å². The summed E-state index contributed by atoms with van der Waals surface area (Å²) in [6.07, 6.45) is -4.27. The predicted octanol–water partition coefficient (Wildman–Crippen LogP) is 7.52. The second-order valence-corrected chi connectivity index (χ2v) is 8.67. The van der Waals surface area contributed by atoms with Crippen LogP contribution in [-0.2, 0) is 18.9 Å². The molecule has 3 heterocycles. The van der Waals surface area contributed by atoms with E-state index in [0.29, 0.717) is 34.7 Å². The quantitative estimate of drug-likeness (QED) is 0.249. The van der Waals surface area contributed by atoms with Gasteiger partial charge in [-0.25, -0.2) is 4.39 Å². The summed E-state index contributed by atoms with van der Waals surface area (Å²) >= 11 is 0. The number of amidine groups is 1. The Balaban J connectivity index is 1.62. The van der Waals surface area contributed by atoms with Crippen molar-refractivity contribution in [3.8, 4) is 11.1 Å². The van der Waals surface area contributed by atoms with Crippen molar-refractivity contribution in [1.29, 1.82) is 0 Å². The lowest BCUT2D eigenvalue weighted by Crippen LogP contribution is -2.31. The van der Waals surface area contributed by atoms with Crippen molar-refractivity contribution in [2.75, 3.05) is 6.54 Å². The first-order valence-corrected chi connectivity index (χ1v) is 11.3. The van der Waals surface area contributed by atoms with Gasteiger partial charge < -0.3 is 9.32 Å². The number of aromatic nitrogens is 1. The van der Waals surface area contributed by atoms with E-state index in [4.69, 9.17) is 4.42 Å². The zero-order chi connectivity index (χ0) is 27.1. The first-order valence-electron chi connectivity index (χ1n) is 11.3. The highest BCUT2D eigenvalue weighted by Crippen LogP contribution is 2.40. The number of benzene rings is 2. The molecule has 38 heavy (non-hydrogen) atoms. The van der Waals surface area contributed by atoms with E-state index in [9.17, 15) is 30.7 Å². The van der Waals surface area contributed by atoms with E-state index < -0.39 is 35.3 Å². The highest BCUT2D eigenvalue weighted by atomic mass is 19.4. The average Bonchev–Trinajstić information content (AvgIpc) is 3.54. The van der Waals surface area contributed by atoms with Crippen LogP contribution in [0.3, 0.4) is 0 Å². The Kier molecular flexibility index (Phi) is 6.46. The van der Waals surface area contributed by atoms with E-state index in [1.807, 2.05) is 0 Å². The maximum Gasteiger partial charge on any atom is 0.416 e. The van der Waals surface area contributed by atoms with E-state index in [2.05, 4.69) is 9.98 Å². The average molecular weight is 533 g/mol. The fraction of sp³-hybridized carbons (Fsp3) is 0.185. The Labute approximate surface area is 212 Å². The molecule has 4 aromatic rings. The minimum absolute atomic E-state index is 0.0240. The standard InChI is InChI=1S/C27H18F7N3O/c28-23-4-2-1-3-22(23)21-5-7-35-12-18(21)14-37-24(13-36-25(37)16-6-8-38-15-16)17-9-19(26(29,30)31)11-20(10-17)27(32,33)34/h1-12,15,24H,13-14H2. The normalized spacial score (nSPS) is 16.1. The van der Waals surface area contributed by atoms with Crippen LogP contribution in [0.25, 0.3) is 11.1 Å². The number of halogens is 7. The van der Waals surface area contributed by atoms with Crippen molar-refractivity contribution in [3.63, 3.8) is 0 Å². The zero-order valence-electron chi connectivity index (χ0n) is 19.4. The molecule has 0 bridgehead atoms. The molecule has 2 aromatic heterocycles. The van der Waals surface area contributed by atoms with E-state index in [-0.39, 0.29) is 30.3 Å². The van der Waals surface area contributed by atoms with Crippen LogP contribution in [0.15, 0.2) is 88.9 Å². The predicted molar refractivity (Wildman–Crippen MR) is 124 cm³/mol. The van der Waals surface area contributed by atoms with Crippen LogP contribution in [0.4, 0.5) is 30.7 Å². The van der Waals surface area contributed by atoms with Gasteiger partial charge in [-0.1, -0.05) is 18.2 Å². The molecule has 1 unspecified atom stereocenters. The van der Waals surface area contributed by atoms with E-state index >= 15 is 0 Å². The molecule has 0 spiro atoms. The highest BCUT2D eigenvalue weighted by Gasteiger charge is 2.39. The SMILES string of the molecule is Fc1ccccc1-c1ccncc1CN1C(c2ccoc2)=NCC1c1cc(C(F)(F)F)cc(C(F)(F)F)c1. The van der Waals surface area contributed by atoms with Gasteiger partial charge in [-0.2, -0.15) is 26.3 Å². The molecule has 1 aliphatic rings. The molecule has 196 valence electrons. The van der Waals surface area contributed by atoms with Gasteiger partial charge in [0.2, 0.25) is 0 Å². The van der Waals surface area contributed by atoms with E-state index in [0.717, 1.165) is 0 Å². The maximum absolute atomic E-state index is 14.6. The summed E-state index contributed by atoms with van der Waals surface area (Å²) in [5, 5.41) is 0. The van der Waals surface area contributed by atoms with Gasteiger partial charge in [0.15, 0.2) is 0 Å². The lowest BCUT2D eigenvalue weighted by molar-refractivity contribution is -0.143. The van der Waals surface area contributed by atoms with Crippen molar-refractivity contribution in [3.05, 3.63) is 113 Å². The van der Waals surface area contributed by atoms with Crippen molar-refractivity contribution in [2.45, 2.75) is 24.9 Å². The van der Waals surface area contributed by atoms with Gasteiger partial charge in [0.1, 0.15) is 17.9 Å². The van der Waals surface area contributed by atoms with Gasteiger partial charge in [-0.15, -0.1) is 0 Å². The Bertz CT molecular complexity index is 1440. The number of aliphatic imine (C=N–C) groups is 1. The maximum atomic E-state index is 14.6. The van der Waals surface area contributed by atoms with Crippen LogP contribution in [-0.4, -0.2) is 22.3 Å². The molecule has 0 aliphatic carbocycles. The van der Waals surface area contributed by atoms with Crippen molar-refractivity contribution >= 4 is 5.84 Å². The van der Waals surface area contributed by atoms with Gasteiger partial charge in [-0.05, 0) is 53.1 Å². The fourth-order valence-electron chi connectivity index (χ4n) is 4.48. The molecular formula is C27H18F7N3O. The van der Waals surface area contributed by atoms with Gasteiger partial charge in [0.25, 0.3) is 0 Å². The van der Waals surface area contributed by atoms with Crippen LogP contribution >= 0.6 is 0 Å². The number of rotatable bonds is 5. The molecule has 11 heteroatoms. The molecule has 5 rings (SSSR count). The second-order valence-electron chi connectivity index (χ2n) is 8.67. The van der Waals surface area contributed by atoms with Gasteiger partial charge >= 0.3 is 12.4 Å². The van der Waals surface area contributed by atoms with Gasteiger partial charge in [0, 0.05) is 24.5 Å². The first kappa shape index (κ1) is 25.5. The third-order valence-corrected chi connectivity index (χ3v) is 6.24. The minimum atomic E-state index is -4.99. The van der Waals surface area contributed by atoms with Gasteiger partial charge in [-0.3, -0.25) is 9.98 Å². The Morgan fingerprint density at radius 1 is 0.895 bits per heavy atom. The summed E-state index contributed by atoms with van der Waals surface area (Å²) in [5.74, 6) is -0.174. The van der Waals surface area contributed by atoms with Gasteiger partial charge in [0.05, 0.1) is 35.5 Å². The summed E-state index contributed by atoms with van der Waals surface area (Å²) in [5.41, 5.74) is -1.27. The molecule has 4 nitrogen and oxygen atoms in total. The first-order chi connectivity index (χ1) is 18.0. The number of furan rings is 1. The monoisotopic (exact) mass is 533 g/mol. The summed E-state index contributed by atoms with van der Waals surface area (Å²) in [4.78, 5) is 10.1. The lowest BCUT2D eigenvalue weighted by Gasteiger charge is -2.30. The number of alkyl halides is 6. The fourth-order valence-corrected chi connectivity index (χ4v) is 4.48.